The lowest BCUT2D eigenvalue weighted by atomic mass is 9.75. The normalized spacial score (nSPS) is 32.5. The Labute approximate surface area is 171 Å². The molecule has 5 aliphatic heterocycles. The van der Waals surface area contributed by atoms with Crippen molar-refractivity contribution in [2.75, 3.05) is 26.4 Å². The third-order valence-corrected chi connectivity index (χ3v) is 7.31. The van der Waals surface area contributed by atoms with E-state index in [4.69, 9.17) is 9.47 Å². The SMILES string of the molecule is C=CCn1cc(CN2C[C@@H](c3ccc4c(c3)OCO4)[C@@H]3[C@H]2C2CCN3CC2)cn1. The Morgan fingerprint density at radius 1 is 1.14 bits per heavy atom. The molecule has 0 aliphatic carbocycles. The largest absolute Gasteiger partial charge is 0.454 e. The van der Waals surface area contributed by atoms with Gasteiger partial charge in [-0.2, -0.15) is 5.10 Å². The maximum Gasteiger partial charge on any atom is 0.231 e. The smallest absolute Gasteiger partial charge is 0.231 e. The highest BCUT2D eigenvalue weighted by atomic mass is 16.7. The van der Waals surface area contributed by atoms with Crippen molar-refractivity contribution < 1.29 is 9.47 Å². The number of hydrogen-bond donors (Lipinski definition) is 0. The number of rotatable bonds is 5. The number of allylic oxidation sites excluding steroid dienone is 1. The average Bonchev–Trinajstić information content (AvgIpc) is 3.48. The van der Waals surface area contributed by atoms with Gasteiger partial charge in [0.1, 0.15) is 0 Å². The highest BCUT2D eigenvalue weighted by Gasteiger charge is 2.53. The quantitative estimate of drug-likeness (QED) is 0.732. The van der Waals surface area contributed by atoms with E-state index in [0.717, 1.165) is 37.1 Å². The van der Waals surface area contributed by atoms with Gasteiger partial charge in [0.2, 0.25) is 6.79 Å². The molecule has 0 radical (unpaired) electrons. The fraction of sp³-hybridized carbons (Fsp3) is 0.522. The number of fused-ring (bicyclic) bond motifs is 3. The minimum atomic E-state index is 0.338. The number of hydrogen-bond acceptors (Lipinski definition) is 5. The van der Waals surface area contributed by atoms with E-state index in [0.29, 0.717) is 24.8 Å². The van der Waals surface area contributed by atoms with E-state index in [9.17, 15) is 0 Å². The third-order valence-electron chi connectivity index (χ3n) is 7.31. The molecule has 6 heteroatoms. The highest BCUT2D eigenvalue weighted by molar-refractivity contribution is 5.46. The molecule has 1 aromatic carbocycles. The summed E-state index contributed by atoms with van der Waals surface area (Å²) in [4.78, 5) is 5.48. The zero-order chi connectivity index (χ0) is 19.4. The molecule has 0 amide bonds. The van der Waals surface area contributed by atoms with E-state index in [1.807, 2.05) is 17.0 Å². The van der Waals surface area contributed by atoms with E-state index < -0.39 is 0 Å². The molecular weight excluding hydrogens is 364 g/mol. The zero-order valence-electron chi connectivity index (χ0n) is 16.7. The Balaban J connectivity index is 1.31. The maximum absolute atomic E-state index is 5.68. The lowest BCUT2D eigenvalue weighted by Gasteiger charge is -2.51. The van der Waals surface area contributed by atoms with Gasteiger partial charge in [-0.15, -0.1) is 6.58 Å². The first-order chi connectivity index (χ1) is 14.3. The summed E-state index contributed by atoms with van der Waals surface area (Å²) in [6.07, 6.45) is 8.76. The van der Waals surface area contributed by atoms with Crippen LogP contribution in [0.2, 0.25) is 0 Å². The van der Waals surface area contributed by atoms with Crippen LogP contribution in [0.3, 0.4) is 0 Å². The molecule has 0 spiro atoms. The lowest BCUT2D eigenvalue weighted by molar-refractivity contribution is -0.00870. The molecule has 4 saturated heterocycles. The molecule has 0 saturated carbocycles. The van der Waals surface area contributed by atoms with Crippen molar-refractivity contribution in [2.24, 2.45) is 5.92 Å². The number of piperidine rings is 3. The van der Waals surface area contributed by atoms with E-state index in [1.54, 1.807) is 0 Å². The molecule has 2 bridgehead atoms. The predicted molar refractivity (Wildman–Crippen MR) is 110 cm³/mol. The Kier molecular flexibility index (Phi) is 4.16. The summed E-state index contributed by atoms with van der Waals surface area (Å²) in [5.74, 6) is 3.10. The Morgan fingerprint density at radius 3 is 2.86 bits per heavy atom. The molecule has 0 N–H and O–H groups in total. The first-order valence-corrected chi connectivity index (χ1v) is 10.8. The molecule has 6 heterocycles. The van der Waals surface area contributed by atoms with Crippen LogP contribution < -0.4 is 9.47 Å². The van der Waals surface area contributed by atoms with Crippen molar-refractivity contribution in [3.8, 4) is 11.5 Å². The van der Waals surface area contributed by atoms with Gasteiger partial charge >= 0.3 is 0 Å². The van der Waals surface area contributed by atoms with Crippen molar-refractivity contribution in [1.29, 1.82) is 0 Å². The van der Waals surface area contributed by atoms with Crippen molar-refractivity contribution in [3.63, 3.8) is 0 Å². The number of aromatic nitrogens is 2. The van der Waals surface area contributed by atoms with E-state index in [2.05, 4.69) is 45.9 Å². The summed E-state index contributed by atoms with van der Waals surface area (Å²) in [5, 5.41) is 4.49. The van der Waals surface area contributed by atoms with E-state index >= 15 is 0 Å². The molecule has 5 aliphatic rings. The van der Waals surface area contributed by atoms with Crippen LogP contribution in [0.25, 0.3) is 0 Å². The monoisotopic (exact) mass is 392 g/mol. The minimum absolute atomic E-state index is 0.338. The molecule has 2 aromatic rings. The summed E-state index contributed by atoms with van der Waals surface area (Å²) in [6.45, 7) is 9.49. The lowest BCUT2D eigenvalue weighted by Crippen LogP contribution is -2.59. The van der Waals surface area contributed by atoms with Gasteiger partial charge in [-0.1, -0.05) is 12.1 Å². The van der Waals surface area contributed by atoms with Crippen LogP contribution in [-0.2, 0) is 13.1 Å². The summed E-state index contributed by atoms with van der Waals surface area (Å²) in [7, 11) is 0. The fourth-order valence-electron chi connectivity index (χ4n) is 6.11. The van der Waals surface area contributed by atoms with Crippen LogP contribution in [0.1, 0.15) is 29.9 Å². The van der Waals surface area contributed by atoms with Gasteiger partial charge in [-0.25, -0.2) is 0 Å². The summed E-state index contributed by atoms with van der Waals surface area (Å²) in [6, 6.07) is 7.80. The van der Waals surface area contributed by atoms with E-state index in [-0.39, 0.29) is 0 Å². The van der Waals surface area contributed by atoms with Crippen molar-refractivity contribution >= 4 is 0 Å². The van der Waals surface area contributed by atoms with Crippen molar-refractivity contribution in [3.05, 3.63) is 54.4 Å². The number of likely N-dealkylation sites (tertiary alicyclic amines) is 1. The standard InChI is InChI=1S/C23H28N4O2/c1-2-7-27-13-16(11-24-27)12-26-14-19(18-3-4-20-21(10-18)29-15-28-20)23-22(26)17-5-8-25(23)9-6-17/h2-4,10-11,13,17,19,22-23H,1,5-9,12,14-15H2/t19-,22+,23+/m0/s1. The molecule has 3 atom stereocenters. The van der Waals surface area contributed by atoms with Gasteiger partial charge in [0.15, 0.2) is 11.5 Å². The Morgan fingerprint density at radius 2 is 2.00 bits per heavy atom. The van der Waals surface area contributed by atoms with Crippen LogP contribution >= 0.6 is 0 Å². The molecule has 152 valence electrons. The first-order valence-electron chi connectivity index (χ1n) is 10.8. The molecular formula is C23H28N4O2. The average molecular weight is 393 g/mol. The molecule has 6 nitrogen and oxygen atoms in total. The van der Waals surface area contributed by atoms with Gasteiger partial charge < -0.3 is 9.47 Å². The van der Waals surface area contributed by atoms with Gasteiger partial charge in [0.25, 0.3) is 0 Å². The van der Waals surface area contributed by atoms with Gasteiger partial charge in [0, 0.05) is 42.9 Å². The summed E-state index contributed by atoms with van der Waals surface area (Å²) >= 11 is 0. The number of nitrogens with zero attached hydrogens (tertiary/aromatic N) is 4. The first kappa shape index (κ1) is 17.5. The number of ether oxygens (including phenoxy) is 2. The zero-order valence-corrected chi connectivity index (χ0v) is 16.7. The molecule has 29 heavy (non-hydrogen) atoms. The van der Waals surface area contributed by atoms with Crippen molar-refractivity contribution in [1.82, 2.24) is 19.6 Å². The third kappa shape index (κ3) is 2.89. The number of benzene rings is 1. The van der Waals surface area contributed by atoms with Crippen LogP contribution in [0.4, 0.5) is 0 Å². The maximum atomic E-state index is 5.68. The molecule has 0 unspecified atom stereocenters. The second kappa shape index (κ2) is 6.89. The van der Waals surface area contributed by atoms with Gasteiger partial charge in [0.05, 0.1) is 12.7 Å². The summed E-state index contributed by atoms with van der Waals surface area (Å²) in [5.41, 5.74) is 2.69. The second-order valence-electron chi connectivity index (χ2n) is 8.86. The Hall–Kier alpha value is -2.31. The van der Waals surface area contributed by atoms with Crippen LogP contribution in [0, 0.1) is 5.92 Å². The van der Waals surface area contributed by atoms with Gasteiger partial charge in [-0.05, 0) is 49.5 Å². The highest BCUT2D eigenvalue weighted by Crippen LogP contribution is 2.48. The predicted octanol–water partition coefficient (Wildman–Crippen LogP) is 2.86. The second-order valence-corrected chi connectivity index (χ2v) is 8.86. The van der Waals surface area contributed by atoms with Crippen LogP contribution in [0.5, 0.6) is 11.5 Å². The van der Waals surface area contributed by atoms with Gasteiger partial charge in [-0.3, -0.25) is 14.5 Å². The van der Waals surface area contributed by atoms with Crippen LogP contribution in [0.15, 0.2) is 43.2 Å². The fourth-order valence-corrected chi connectivity index (χ4v) is 6.11. The Bertz CT molecular complexity index is 917. The van der Waals surface area contributed by atoms with Crippen LogP contribution in [-0.4, -0.2) is 58.1 Å². The molecule has 7 rings (SSSR count). The molecule has 4 fully saturated rings. The topological polar surface area (TPSA) is 42.8 Å². The minimum Gasteiger partial charge on any atom is -0.454 e. The molecule has 1 aromatic heterocycles. The van der Waals surface area contributed by atoms with Crippen molar-refractivity contribution in [2.45, 2.75) is 43.9 Å². The van der Waals surface area contributed by atoms with E-state index in [1.165, 1.54) is 37.1 Å². The summed E-state index contributed by atoms with van der Waals surface area (Å²) < 4.78 is 13.2.